The molecule has 0 spiro atoms. The summed E-state index contributed by atoms with van der Waals surface area (Å²) in [6.45, 7) is 4.04. The van der Waals surface area contributed by atoms with Crippen LogP contribution in [-0.4, -0.2) is 13.1 Å². The fourth-order valence-electron chi connectivity index (χ4n) is 1.10. The third-order valence-corrected chi connectivity index (χ3v) is 2.00. The highest BCUT2D eigenvalue weighted by molar-refractivity contribution is 5.88. The van der Waals surface area contributed by atoms with Gasteiger partial charge in [0.2, 0.25) is 0 Å². The molecule has 0 unspecified atom stereocenters. The Labute approximate surface area is 83.7 Å². The first-order valence-corrected chi connectivity index (χ1v) is 4.44. The average molecular weight is 193 g/mol. The molecule has 4 nitrogen and oxygen atoms in total. The lowest BCUT2D eigenvalue weighted by atomic mass is 10.1. The van der Waals surface area contributed by atoms with Crippen LogP contribution in [0.1, 0.15) is 11.1 Å². The Kier molecular flexibility index (Phi) is 3.48. The zero-order chi connectivity index (χ0) is 10.6. The number of urea groups is 1. The summed E-state index contributed by atoms with van der Waals surface area (Å²) in [5, 5.41) is 2.70. The van der Waals surface area contributed by atoms with E-state index in [2.05, 4.69) is 16.2 Å². The van der Waals surface area contributed by atoms with Gasteiger partial charge in [0.1, 0.15) is 0 Å². The molecule has 0 aliphatic rings. The summed E-state index contributed by atoms with van der Waals surface area (Å²) in [5.41, 5.74) is 8.14. The van der Waals surface area contributed by atoms with Crippen molar-refractivity contribution in [3.63, 3.8) is 0 Å². The molecule has 0 saturated heterocycles. The monoisotopic (exact) mass is 193 g/mol. The Morgan fingerprint density at radius 1 is 1.21 bits per heavy atom. The van der Waals surface area contributed by atoms with Crippen molar-refractivity contribution < 1.29 is 4.79 Å². The molecule has 4 heteroatoms. The van der Waals surface area contributed by atoms with E-state index in [0.717, 1.165) is 11.3 Å². The summed E-state index contributed by atoms with van der Waals surface area (Å²) >= 11 is 0. The van der Waals surface area contributed by atoms with E-state index in [1.807, 2.05) is 32.0 Å². The lowest BCUT2D eigenvalue weighted by Gasteiger charge is -2.07. The molecule has 14 heavy (non-hydrogen) atoms. The predicted octanol–water partition coefficient (Wildman–Crippen LogP) is 1.56. The van der Waals surface area contributed by atoms with E-state index in [9.17, 15) is 4.79 Å². The maximum atomic E-state index is 11.1. The molecule has 1 aromatic rings. The van der Waals surface area contributed by atoms with Crippen LogP contribution in [-0.2, 0) is 0 Å². The fraction of sp³-hybridized carbons (Fsp3) is 0.300. The van der Waals surface area contributed by atoms with Gasteiger partial charge in [0, 0.05) is 12.7 Å². The number of carbonyl (C=O) groups is 1. The highest BCUT2D eigenvalue weighted by atomic mass is 16.2. The number of aryl methyl sites for hydroxylation is 2. The average Bonchev–Trinajstić information content (AvgIpc) is 2.12. The van der Waals surface area contributed by atoms with Crippen LogP contribution in [0.2, 0.25) is 0 Å². The lowest BCUT2D eigenvalue weighted by molar-refractivity contribution is 0.249. The van der Waals surface area contributed by atoms with Gasteiger partial charge in [-0.15, -0.1) is 0 Å². The van der Waals surface area contributed by atoms with Gasteiger partial charge in [-0.2, -0.15) is 0 Å². The van der Waals surface area contributed by atoms with E-state index < -0.39 is 0 Å². The summed E-state index contributed by atoms with van der Waals surface area (Å²) in [7, 11) is 1.64. The van der Waals surface area contributed by atoms with Crippen LogP contribution in [0.3, 0.4) is 0 Å². The van der Waals surface area contributed by atoms with E-state index in [-0.39, 0.29) is 6.03 Å². The third kappa shape index (κ3) is 2.74. The molecule has 0 atom stereocenters. The second kappa shape index (κ2) is 4.62. The second-order valence-corrected chi connectivity index (χ2v) is 3.13. The minimum absolute atomic E-state index is 0.268. The largest absolute Gasteiger partial charge is 0.333 e. The van der Waals surface area contributed by atoms with Gasteiger partial charge in [-0.1, -0.05) is 6.07 Å². The van der Waals surface area contributed by atoms with Gasteiger partial charge in [-0.3, -0.25) is 5.43 Å². The standard InChI is InChI=1S/C10H15N3O/c1-7-4-5-9(6-8(7)2)12-10(14)13-11-3/h4-6,11H,1-3H3,(H2,12,13,14). The van der Waals surface area contributed by atoms with Crippen LogP contribution in [0.15, 0.2) is 18.2 Å². The first-order chi connectivity index (χ1) is 6.63. The van der Waals surface area contributed by atoms with Crippen LogP contribution in [0, 0.1) is 13.8 Å². The Morgan fingerprint density at radius 3 is 2.50 bits per heavy atom. The molecule has 2 amide bonds. The number of nitrogens with one attached hydrogen (secondary N) is 3. The second-order valence-electron chi connectivity index (χ2n) is 3.13. The van der Waals surface area contributed by atoms with E-state index >= 15 is 0 Å². The number of amides is 2. The molecule has 0 bridgehead atoms. The summed E-state index contributed by atoms with van der Waals surface area (Å²) in [4.78, 5) is 11.1. The minimum Gasteiger partial charge on any atom is -0.307 e. The molecule has 0 saturated carbocycles. The molecule has 1 rings (SSSR count). The molecule has 0 heterocycles. The Bertz CT molecular complexity index is 336. The maximum Gasteiger partial charge on any atom is 0.333 e. The highest BCUT2D eigenvalue weighted by Gasteiger charge is 2.00. The van der Waals surface area contributed by atoms with Gasteiger partial charge in [0.25, 0.3) is 0 Å². The molecule has 0 aliphatic heterocycles. The van der Waals surface area contributed by atoms with Crippen LogP contribution >= 0.6 is 0 Å². The fourth-order valence-corrected chi connectivity index (χ4v) is 1.10. The maximum absolute atomic E-state index is 11.1. The van der Waals surface area contributed by atoms with Crippen molar-refractivity contribution in [2.75, 3.05) is 12.4 Å². The van der Waals surface area contributed by atoms with E-state index in [1.54, 1.807) is 7.05 Å². The summed E-state index contributed by atoms with van der Waals surface area (Å²) < 4.78 is 0. The van der Waals surface area contributed by atoms with E-state index in [0.29, 0.717) is 0 Å². The number of hydrazine groups is 1. The van der Waals surface area contributed by atoms with Gasteiger partial charge in [-0.05, 0) is 37.1 Å². The Balaban J connectivity index is 2.68. The Hall–Kier alpha value is -1.55. The van der Waals surface area contributed by atoms with Crippen LogP contribution in [0.25, 0.3) is 0 Å². The number of benzene rings is 1. The zero-order valence-electron chi connectivity index (χ0n) is 8.64. The topological polar surface area (TPSA) is 53.2 Å². The minimum atomic E-state index is -0.268. The molecule has 0 aliphatic carbocycles. The molecule has 0 radical (unpaired) electrons. The van der Waals surface area contributed by atoms with Crippen molar-refractivity contribution >= 4 is 11.7 Å². The molecule has 3 N–H and O–H groups in total. The van der Waals surface area contributed by atoms with Crippen LogP contribution < -0.4 is 16.2 Å². The Morgan fingerprint density at radius 2 is 1.93 bits per heavy atom. The first-order valence-electron chi connectivity index (χ1n) is 4.44. The van der Waals surface area contributed by atoms with Crippen molar-refractivity contribution in [1.29, 1.82) is 0 Å². The SMILES string of the molecule is CNNC(=O)Nc1ccc(C)c(C)c1. The van der Waals surface area contributed by atoms with Crippen molar-refractivity contribution in [3.8, 4) is 0 Å². The van der Waals surface area contributed by atoms with Crippen molar-refractivity contribution in [1.82, 2.24) is 10.9 Å². The zero-order valence-corrected chi connectivity index (χ0v) is 8.64. The highest BCUT2D eigenvalue weighted by Crippen LogP contribution is 2.13. The quantitative estimate of drug-likeness (QED) is 0.624. The molecule has 1 aromatic carbocycles. The smallest absolute Gasteiger partial charge is 0.307 e. The molecule has 0 aromatic heterocycles. The number of hydrogen-bond donors (Lipinski definition) is 3. The normalized spacial score (nSPS) is 9.64. The molecular formula is C10H15N3O. The van der Waals surface area contributed by atoms with Gasteiger partial charge in [0.05, 0.1) is 0 Å². The number of carbonyl (C=O) groups excluding carboxylic acids is 1. The molecule has 0 fully saturated rings. The number of hydrogen-bond acceptors (Lipinski definition) is 2. The lowest BCUT2D eigenvalue weighted by Crippen LogP contribution is -2.37. The van der Waals surface area contributed by atoms with Crippen molar-refractivity contribution in [2.45, 2.75) is 13.8 Å². The van der Waals surface area contributed by atoms with Gasteiger partial charge < -0.3 is 5.32 Å². The van der Waals surface area contributed by atoms with Crippen molar-refractivity contribution in [3.05, 3.63) is 29.3 Å². The summed E-state index contributed by atoms with van der Waals surface area (Å²) in [6.07, 6.45) is 0. The van der Waals surface area contributed by atoms with E-state index in [4.69, 9.17) is 0 Å². The number of rotatable bonds is 2. The van der Waals surface area contributed by atoms with E-state index in [1.165, 1.54) is 5.56 Å². The summed E-state index contributed by atoms with van der Waals surface area (Å²) in [5.74, 6) is 0. The van der Waals surface area contributed by atoms with Gasteiger partial charge in [0.15, 0.2) is 0 Å². The van der Waals surface area contributed by atoms with Crippen LogP contribution in [0.5, 0.6) is 0 Å². The molecule has 76 valence electrons. The van der Waals surface area contributed by atoms with Crippen LogP contribution in [0.4, 0.5) is 10.5 Å². The first kappa shape index (κ1) is 10.5. The summed E-state index contributed by atoms with van der Waals surface area (Å²) in [6, 6.07) is 5.52. The molecular weight excluding hydrogens is 178 g/mol. The predicted molar refractivity (Wildman–Crippen MR) is 57.1 cm³/mol. The third-order valence-electron chi connectivity index (χ3n) is 2.00. The van der Waals surface area contributed by atoms with Gasteiger partial charge in [-0.25, -0.2) is 10.2 Å². The number of anilines is 1. The van der Waals surface area contributed by atoms with Crippen molar-refractivity contribution in [2.24, 2.45) is 0 Å². The van der Waals surface area contributed by atoms with Gasteiger partial charge >= 0.3 is 6.03 Å².